The molecule has 0 spiro atoms. The van der Waals surface area contributed by atoms with Gasteiger partial charge < -0.3 is 14.7 Å². The summed E-state index contributed by atoms with van der Waals surface area (Å²) in [6.07, 6.45) is 4.03. The normalized spacial score (nSPS) is 22.3. The van der Waals surface area contributed by atoms with Crippen LogP contribution < -0.4 is 4.74 Å². The number of carboxylic acids is 1. The highest BCUT2D eigenvalue weighted by molar-refractivity contribution is 5.74. The molecule has 21 heavy (non-hydrogen) atoms. The van der Waals surface area contributed by atoms with Gasteiger partial charge in [0, 0.05) is 6.54 Å². The van der Waals surface area contributed by atoms with E-state index in [0.29, 0.717) is 6.54 Å². The maximum atomic E-state index is 11.2. The van der Waals surface area contributed by atoms with E-state index >= 15 is 0 Å². The number of nitrogens with zero attached hydrogens (tertiary/aromatic N) is 1. The maximum Gasteiger partial charge on any atom is 0.310 e. The molecule has 1 unspecified atom stereocenters. The summed E-state index contributed by atoms with van der Waals surface area (Å²) in [5.74, 6) is 0.260. The standard InChI is InChI=1S/C17H25NO3/c1-17(16(19)20)10-12-18(14-17)11-6-3-7-13-21-15-8-4-2-5-9-15/h2,4-5,8-9H,3,6-7,10-14H2,1H3,(H,19,20). The van der Waals surface area contributed by atoms with E-state index in [2.05, 4.69) is 4.90 Å². The van der Waals surface area contributed by atoms with Crippen molar-refractivity contribution >= 4 is 5.97 Å². The predicted octanol–water partition coefficient (Wildman–Crippen LogP) is 3.03. The zero-order valence-corrected chi connectivity index (χ0v) is 12.8. The Kier molecular flexibility index (Phi) is 5.62. The summed E-state index contributed by atoms with van der Waals surface area (Å²) in [5.41, 5.74) is -0.545. The van der Waals surface area contributed by atoms with Crippen LogP contribution in [0.15, 0.2) is 30.3 Å². The van der Waals surface area contributed by atoms with Crippen LogP contribution in [0.25, 0.3) is 0 Å². The molecule has 1 fully saturated rings. The first-order valence-electron chi connectivity index (χ1n) is 7.74. The van der Waals surface area contributed by atoms with Gasteiger partial charge in [0.2, 0.25) is 0 Å². The average molecular weight is 291 g/mol. The SMILES string of the molecule is CC1(C(=O)O)CCN(CCCCCOc2ccccc2)C1. The highest BCUT2D eigenvalue weighted by Gasteiger charge is 2.39. The largest absolute Gasteiger partial charge is 0.494 e. The molecule has 1 aliphatic heterocycles. The smallest absolute Gasteiger partial charge is 0.310 e. The molecular formula is C17H25NO3. The van der Waals surface area contributed by atoms with Crippen molar-refractivity contribution in [2.24, 2.45) is 5.41 Å². The van der Waals surface area contributed by atoms with E-state index in [9.17, 15) is 9.90 Å². The van der Waals surface area contributed by atoms with Crippen molar-refractivity contribution in [3.63, 3.8) is 0 Å². The van der Waals surface area contributed by atoms with Gasteiger partial charge in [0.15, 0.2) is 0 Å². The Bertz CT molecular complexity index is 449. The molecule has 0 radical (unpaired) electrons. The summed E-state index contributed by atoms with van der Waals surface area (Å²) in [4.78, 5) is 13.4. The first kappa shape index (κ1) is 15.8. The molecule has 1 aliphatic rings. The number of carboxylic acid groups (broad SMARTS) is 1. The summed E-state index contributed by atoms with van der Waals surface area (Å²) >= 11 is 0. The Hall–Kier alpha value is -1.55. The summed E-state index contributed by atoms with van der Waals surface area (Å²) in [6.45, 7) is 5.18. The molecule has 1 aromatic rings. The minimum Gasteiger partial charge on any atom is -0.494 e. The molecule has 1 atom stereocenters. The molecule has 116 valence electrons. The second kappa shape index (κ2) is 7.46. The maximum absolute atomic E-state index is 11.2. The van der Waals surface area contributed by atoms with Crippen molar-refractivity contribution in [1.29, 1.82) is 0 Å². The molecular weight excluding hydrogens is 266 g/mol. The minimum atomic E-state index is -0.665. The van der Waals surface area contributed by atoms with Gasteiger partial charge in [-0.1, -0.05) is 18.2 Å². The Morgan fingerprint density at radius 2 is 2.05 bits per heavy atom. The van der Waals surface area contributed by atoms with E-state index in [1.165, 1.54) is 0 Å². The Morgan fingerprint density at radius 1 is 1.29 bits per heavy atom. The molecule has 0 aliphatic carbocycles. The lowest BCUT2D eigenvalue weighted by molar-refractivity contribution is -0.147. The summed E-state index contributed by atoms with van der Waals surface area (Å²) in [7, 11) is 0. The van der Waals surface area contributed by atoms with E-state index in [4.69, 9.17) is 4.74 Å². The molecule has 1 aromatic carbocycles. The van der Waals surface area contributed by atoms with Crippen LogP contribution in [0.2, 0.25) is 0 Å². The van der Waals surface area contributed by atoms with Crippen molar-refractivity contribution in [3.8, 4) is 5.75 Å². The zero-order valence-electron chi connectivity index (χ0n) is 12.8. The van der Waals surface area contributed by atoms with Gasteiger partial charge in [-0.3, -0.25) is 4.79 Å². The van der Waals surface area contributed by atoms with Crippen LogP contribution in [-0.4, -0.2) is 42.2 Å². The van der Waals surface area contributed by atoms with Crippen LogP contribution in [0.4, 0.5) is 0 Å². The van der Waals surface area contributed by atoms with Crippen molar-refractivity contribution in [1.82, 2.24) is 4.90 Å². The van der Waals surface area contributed by atoms with Crippen LogP contribution in [-0.2, 0) is 4.79 Å². The minimum absolute atomic E-state index is 0.545. The van der Waals surface area contributed by atoms with Crippen LogP contribution >= 0.6 is 0 Å². The van der Waals surface area contributed by atoms with Crippen LogP contribution in [0.5, 0.6) is 5.75 Å². The van der Waals surface area contributed by atoms with Gasteiger partial charge in [-0.2, -0.15) is 0 Å². The van der Waals surface area contributed by atoms with Gasteiger partial charge in [-0.15, -0.1) is 0 Å². The fourth-order valence-corrected chi connectivity index (χ4v) is 2.74. The van der Waals surface area contributed by atoms with E-state index in [1.54, 1.807) is 0 Å². The highest BCUT2D eigenvalue weighted by Crippen LogP contribution is 2.30. The highest BCUT2D eigenvalue weighted by atomic mass is 16.5. The molecule has 2 rings (SSSR count). The van der Waals surface area contributed by atoms with Gasteiger partial charge >= 0.3 is 5.97 Å². The number of hydrogen-bond donors (Lipinski definition) is 1. The lowest BCUT2D eigenvalue weighted by Gasteiger charge is -2.19. The topological polar surface area (TPSA) is 49.8 Å². The molecule has 0 saturated carbocycles. The summed E-state index contributed by atoms with van der Waals surface area (Å²) in [6, 6.07) is 9.87. The number of rotatable bonds is 8. The predicted molar refractivity (Wildman–Crippen MR) is 82.6 cm³/mol. The van der Waals surface area contributed by atoms with E-state index in [-0.39, 0.29) is 0 Å². The monoisotopic (exact) mass is 291 g/mol. The Morgan fingerprint density at radius 3 is 2.71 bits per heavy atom. The number of ether oxygens (including phenoxy) is 1. The number of para-hydroxylation sites is 1. The van der Waals surface area contributed by atoms with E-state index in [0.717, 1.165) is 51.1 Å². The molecule has 0 amide bonds. The molecule has 0 aromatic heterocycles. The van der Waals surface area contributed by atoms with Crippen molar-refractivity contribution < 1.29 is 14.6 Å². The zero-order chi connectivity index (χ0) is 15.1. The van der Waals surface area contributed by atoms with Gasteiger partial charge in [-0.05, 0) is 57.8 Å². The first-order valence-corrected chi connectivity index (χ1v) is 7.74. The van der Waals surface area contributed by atoms with Crippen LogP contribution in [0, 0.1) is 5.41 Å². The number of likely N-dealkylation sites (tertiary alicyclic amines) is 1. The number of carbonyl (C=O) groups is 1. The fraction of sp³-hybridized carbons (Fsp3) is 0.588. The average Bonchev–Trinajstić information content (AvgIpc) is 2.87. The third kappa shape index (κ3) is 4.74. The third-order valence-corrected chi connectivity index (χ3v) is 4.20. The fourth-order valence-electron chi connectivity index (χ4n) is 2.74. The summed E-state index contributed by atoms with van der Waals surface area (Å²) < 4.78 is 5.65. The van der Waals surface area contributed by atoms with Crippen molar-refractivity contribution in [3.05, 3.63) is 30.3 Å². The molecule has 4 nitrogen and oxygen atoms in total. The quantitative estimate of drug-likeness (QED) is 0.748. The van der Waals surface area contributed by atoms with Crippen molar-refractivity contribution in [2.45, 2.75) is 32.6 Å². The second-order valence-corrected chi connectivity index (χ2v) is 6.11. The van der Waals surface area contributed by atoms with Crippen LogP contribution in [0.3, 0.4) is 0 Å². The Labute approximate surface area is 126 Å². The number of benzene rings is 1. The van der Waals surface area contributed by atoms with Gasteiger partial charge in [0.05, 0.1) is 12.0 Å². The molecule has 1 heterocycles. The van der Waals surface area contributed by atoms with Gasteiger partial charge in [0.25, 0.3) is 0 Å². The van der Waals surface area contributed by atoms with Gasteiger partial charge in [0.1, 0.15) is 5.75 Å². The van der Waals surface area contributed by atoms with Crippen molar-refractivity contribution in [2.75, 3.05) is 26.2 Å². The van der Waals surface area contributed by atoms with Crippen LogP contribution in [0.1, 0.15) is 32.6 Å². The lowest BCUT2D eigenvalue weighted by atomic mass is 9.90. The summed E-state index contributed by atoms with van der Waals surface area (Å²) in [5, 5.41) is 9.20. The molecule has 4 heteroatoms. The first-order chi connectivity index (χ1) is 10.1. The van der Waals surface area contributed by atoms with Gasteiger partial charge in [-0.25, -0.2) is 0 Å². The number of unbranched alkanes of at least 4 members (excludes halogenated alkanes) is 2. The second-order valence-electron chi connectivity index (χ2n) is 6.11. The number of aliphatic carboxylic acids is 1. The van der Waals surface area contributed by atoms with E-state index < -0.39 is 11.4 Å². The number of hydrogen-bond acceptors (Lipinski definition) is 3. The van der Waals surface area contributed by atoms with E-state index in [1.807, 2.05) is 37.3 Å². The third-order valence-electron chi connectivity index (χ3n) is 4.20. The lowest BCUT2D eigenvalue weighted by Crippen LogP contribution is -2.32. The molecule has 0 bridgehead atoms. The molecule has 1 saturated heterocycles. The molecule has 1 N–H and O–H groups in total. The Balaban J connectivity index is 1.54.